The molecule has 2 aromatic carbocycles. The van der Waals surface area contributed by atoms with E-state index in [1.54, 1.807) is 11.3 Å². The average Bonchev–Trinajstić information content (AvgIpc) is 3.01. The Morgan fingerprint density at radius 3 is 2.68 bits per heavy atom. The maximum Gasteiger partial charge on any atom is 0.162 e. The smallest absolute Gasteiger partial charge is 0.162 e. The van der Waals surface area contributed by atoms with Crippen LogP contribution in [0.15, 0.2) is 59.5 Å². The van der Waals surface area contributed by atoms with E-state index < -0.39 is 0 Å². The number of hydrogen-bond acceptors (Lipinski definition) is 6. The fourth-order valence-corrected chi connectivity index (χ4v) is 6.07. The fraction of sp³-hybridized carbons (Fsp3) is 0.182. The molecule has 28 heavy (non-hydrogen) atoms. The fourth-order valence-electron chi connectivity index (χ4n) is 3.52. The number of nitrogens with one attached hydrogen (secondary N) is 1. The van der Waals surface area contributed by atoms with Gasteiger partial charge in [0.15, 0.2) is 5.82 Å². The second-order valence-electron chi connectivity index (χ2n) is 6.59. The number of aliphatic hydroxyl groups is 1. The van der Waals surface area contributed by atoms with Gasteiger partial charge in [0.1, 0.15) is 5.82 Å². The Bertz CT molecular complexity index is 1140. The molecule has 0 bridgehead atoms. The Balaban J connectivity index is 1.76. The van der Waals surface area contributed by atoms with Crippen molar-refractivity contribution in [3.05, 3.63) is 60.2 Å². The van der Waals surface area contributed by atoms with E-state index in [1.807, 2.05) is 42.1 Å². The number of benzene rings is 2. The second-order valence-corrected chi connectivity index (χ2v) is 8.75. The quantitative estimate of drug-likeness (QED) is 0.496. The summed E-state index contributed by atoms with van der Waals surface area (Å²) in [4.78, 5) is 12.4. The van der Waals surface area contributed by atoms with Gasteiger partial charge in [0.2, 0.25) is 0 Å². The van der Waals surface area contributed by atoms with Crippen LogP contribution in [-0.2, 0) is 6.42 Å². The standard InChI is InChI=1S/C22H19N3OS2/c26-12-11-23-22-16-10-13-27-19-15-8-4-5-9-17(15)28-20(19)18(16)24-21(25-22)14-6-2-1-3-7-14/h1-9,26H,10-13H2,(H,23,24,25). The van der Waals surface area contributed by atoms with E-state index in [1.165, 1.54) is 19.9 Å². The Morgan fingerprint density at radius 1 is 1.00 bits per heavy atom. The van der Waals surface area contributed by atoms with Gasteiger partial charge in [0, 0.05) is 38.4 Å². The van der Waals surface area contributed by atoms with Gasteiger partial charge in [-0.15, -0.1) is 23.1 Å². The van der Waals surface area contributed by atoms with Crippen LogP contribution in [0.25, 0.3) is 32.0 Å². The lowest BCUT2D eigenvalue weighted by molar-refractivity contribution is 0.311. The predicted octanol–water partition coefficient (Wildman–Crippen LogP) is 5.08. The largest absolute Gasteiger partial charge is 0.395 e. The Hall–Kier alpha value is -2.41. The van der Waals surface area contributed by atoms with Crippen molar-refractivity contribution < 1.29 is 5.11 Å². The lowest BCUT2D eigenvalue weighted by atomic mass is 10.1. The van der Waals surface area contributed by atoms with Crippen LogP contribution < -0.4 is 5.32 Å². The van der Waals surface area contributed by atoms with E-state index in [9.17, 15) is 5.11 Å². The number of fused-ring (bicyclic) bond motifs is 5. The van der Waals surface area contributed by atoms with Gasteiger partial charge in [-0.1, -0.05) is 48.5 Å². The van der Waals surface area contributed by atoms with Gasteiger partial charge in [-0.3, -0.25) is 0 Å². The van der Waals surface area contributed by atoms with Crippen molar-refractivity contribution in [1.29, 1.82) is 0 Å². The van der Waals surface area contributed by atoms with Crippen LogP contribution in [0.5, 0.6) is 0 Å². The molecule has 3 heterocycles. The highest BCUT2D eigenvalue weighted by molar-refractivity contribution is 7.99. The Labute approximate surface area is 171 Å². The maximum absolute atomic E-state index is 9.32. The van der Waals surface area contributed by atoms with Crippen LogP contribution >= 0.6 is 23.1 Å². The third kappa shape index (κ3) is 3.07. The highest BCUT2D eigenvalue weighted by Gasteiger charge is 2.25. The molecule has 4 aromatic rings. The molecule has 0 spiro atoms. The van der Waals surface area contributed by atoms with Crippen molar-refractivity contribution in [2.75, 3.05) is 24.2 Å². The summed E-state index contributed by atoms with van der Waals surface area (Å²) in [5.41, 5.74) is 3.17. The third-order valence-corrected chi connectivity index (χ3v) is 7.23. The van der Waals surface area contributed by atoms with E-state index in [0.29, 0.717) is 6.54 Å². The first-order valence-electron chi connectivity index (χ1n) is 9.31. The van der Waals surface area contributed by atoms with Crippen LogP contribution in [0.3, 0.4) is 0 Å². The molecule has 6 heteroatoms. The van der Waals surface area contributed by atoms with E-state index in [-0.39, 0.29) is 6.61 Å². The SMILES string of the molecule is OCCNc1nc(-c2ccccc2)nc2c1CCSc1c-2sc2ccccc12. The van der Waals surface area contributed by atoms with Gasteiger partial charge < -0.3 is 10.4 Å². The Morgan fingerprint density at radius 2 is 1.82 bits per heavy atom. The van der Waals surface area contributed by atoms with Crippen molar-refractivity contribution in [3.63, 3.8) is 0 Å². The summed E-state index contributed by atoms with van der Waals surface area (Å²) in [5, 5.41) is 13.9. The minimum absolute atomic E-state index is 0.0718. The van der Waals surface area contributed by atoms with Crippen molar-refractivity contribution in [2.24, 2.45) is 0 Å². The molecule has 0 saturated carbocycles. The molecule has 2 aromatic heterocycles. The third-order valence-electron chi connectivity index (χ3n) is 4.81. The van der Waals surface area contributed by atoms with Crippen LogP contribution in [0.1, 0.15) is 5.56 Å². The van der Waals surface area contributed by atoms with Crippen molar-refractivity contribution in [1.82, 2.24) is 9.97 Å². The molecular weight excluding hydrogens is 386 g/mol. The molecule has 1 aliphatic heterocycles. The van der Waals surface area contributed by atoms with Gasteiger partial charge >= 0.3 is 0 Å². The first-order valence-corrected chi connectivity index (χ1v) is 11.1. The molecule has 0 amide bonds. The van der Waals surface area contributed by atoms with E-state index >= 15 is 0 Å². The van der Waals surface area contributed by atoms with E-state index in [4.69, 9.17) is 9.97 Å². The van der Waals surface area contributed by atoms with Crippen molar-refractivity contribution in [2.45, 2.75) is 11.3 Å². The number of hydrogen-bond donors (Lipinski definition) is 2. The van der Waals surface area contributed by atoms with Gasteiger partial charge in [-0.2, -0.15) is 0 Å². The van der Waals surface area contributed by atoms with Gasteiger partial charge in [-0.05, 0) is 12.5 Å². The number of nitrogens with zero attached hydrogens (tertiary/aromatic N) is 2. The minimum atomic E-state index is 0.0718. The Kier molecular flexibility index (Phi) is 4.76. The maximum atomic E-state index is 9.32. The van der Waals surface area contributed by atoms with Crippen molar-refractivity contribution in [3.8, 4) is 22.0 Å². The first-order chi connectivity index (χ1) is 13.8. The highest BCUT2D eigenvalue weighted by atomic mass is 32.2. The number of aliphatic hydroxyl groups excluding tert-OH is 1. The molecular formula is C22H19N3OS2. The molecule has 5 rings (SSSR count). The van der Waals surface area contributed by atoms with Crippen LogP contribution in [-0.4, -0.2) is 34.0 Å². The normalized spacial score (nSPS) is 13.0. The molecule has 1 aliphatic rings. The monoisotopic (exact) mass is 405 g/mol. The first kappa shape index (κ1) is 17.7. The summed E-state index contributed by atoms with van der Waals surface area (Å²) in [5.74, 6) is 2.54. The topological polar surface area (TPSA) is 58.0 Å². The average molecular weight is 406 g/mol. The molecule has 2 N–H and O–H groups in total. The lowest BCUT2D eigenvalue weighted by Crippen LogP contribution is -2.12. The number of anilines is 1. The van der Waals surface area contributed by atoms with Crippen LogP contribution in [0.4, 0.5) is 5.82 Å². The number of rotatable bonds is 4. The number of thiophene rings is 1. The molecule has 0 unspecified atom stereocenters. The highest BCUT2D eigenvalue weighted by Crippen LogP contribution is 2.48. The molecule has 0 radical (unpaired) electrons. The molecule has 0 aliphatic carbocycles. The lowest BCUT2D eigenvalue weighted by Gasteiger charge is -2.14. The zero-order chi connectivity index (χ0) is 18.9. The summed E-state index contributed by atoms with van der Waals surface area (Å²) in [6, 6.07) is 18.7. The van der Waals surface area contributed by atoms with Gasteiger partial charge in [0.25, 0.3) is 0 Å². The molecule has 4 nitrogen and oxygen atoms in total. The molecule has 0 fully saturated rings. The molecule has 0 atom stereocenters. The predicted molar refractivity (Wildman–Crippen MR) is 118 cm³/mol. The minimum Gasteiger partial charge on any atom is -0.395 e. The number of aromatic nitrogens is 2. The number of thioether (sulfide) groups is 1. The zero-order valence-corrected chi connectivity index (χ0v) is 16.8. The van der Waals surface area contributed by atoms with Gasteiger partial charge in [-0.25, -0.2) is 9.97 Å². The second kappa shape index (κ2) is 7.54. The van der Waals surface area contributed by atoms with Crippen LogP contribution in [0.2, 0.25) is 0 Å². The van der Waals surface area contributed by atoms with Crippen molar-refractivity contribution >= 4 is 39.0 Å². The molecule has 0 saturated heterocycles. The summed E-state index contributed by atoms with van der Waals surface area (Å²) < 4.78 is 1.29. The van der Waals surface area contributed by atoms with E-state index in [2.05, 4.69) is 29.6 Å². The van der Waals surface area contributed by atoms with Gasteiger partial charge in [0.05, 0.1) is 17.2 Å². The summed E-state index contributed by atoms with van der Waals surface area (Å²) in [6.07, 6.45) is 0.901. The molecule has 140 valence electrons. The van der Waals surface area contributed by atoms with Crippen LogP contribution in [0, 0.1) is 0 Å². The summed E-state index contributed by atoms with van der Waals surface area (Å²) in [6.45, 7) is 0.548. The zero-order valence-electron chi connectivity index (χ0n) is 15.2. The van der Waals surface area contributed by atoms with E-state index in [0.717, 1.165) is 40.6 Å². The summed E-state index contributed by atoms with van der Waals surface area (Å²) in [7, 11) is 0. The summed E-state index contributed by atoms with van der Waals surface area (Å²) >= 11 is 3.71.